The van der Waals surface area contributed by atoms with Gasteiger partial charge < -0.3 is 10.1 Å². The van der Waals surface area contributed by atoms with Crippen molar-refractivity contribution in [1.29, 1.82) is 0 Å². The van der Waals surface area contributed by atoms with E-state index in [9.17, 15) is 22.4 Å². The molecule has 1 aromatic carbocycles. The molecule has 0 spiro atoms. The predicted octanol–water partition coefficient (Wildman–Crippen LogP) is 3.00. The quantitative estimate of drug-likeness (QED) is 0.872. The van der Waals surface area contributed by atoms with Gasteiger partial charge in [-0.1, -0.05) is 6.07 Å². The van der Waals surface area contributed by atoms with Gasteiger partial charge in [0.2, 0.25) is 0 Å². The minimum atomic E-state index is -4.82. The fourth-order valence-corrected chi connectivity index (χ4v) is 2.23. The highest BCUT2D eigenvalue weighted by Crippen LogP contribution is 2.32. The first-order valence-corrected chi connectivity index (χ1v) is 6.61. The van der Waals surface area contributed by atoms with E-state index in [2.05, 4.69) is 5.32 Å². The van der Waals surface area contributed by atoms with Crippen LogP contribution in [0.2, 0.25) is 0 Å². The average molecular weight is 305 g/mol. The van der Waals surface area contributed by atoms with Crippen molar-refractivity contribution in [3.8, 4) is 0 Å². The summed E-state index contributed by atoms with van der Waals surface area (Å²) >= 11 is 0. The first kappa shape index (κ1) is 15.8. The molecule has 0 aliphatic carbocycles. The summed E-state index contributed by atoms with van der Waals surface area (Å²) in [6.45, 7) is 1.42. The second-order valence-electron chi connectivity index (χ2n) is 4.96. The number of alkyl halides is 3. The van der Waals surface area contributed by atoms with Gasteiger partial charge in [-0.15, -0.1) is 0 Å². The van der Waals surface area contributed by atoms with Crippen molar-refractivity contribution in [2.24, 2.45) is 5.92 Å². The monoisotopic (exact) mass is 305 g/mol. The third-order valence-electron chi connectivity index (χ3n) is 3.35. The molecule has 3 nitrogen and oxygen atoms in total. The van der Waals surface area contributed by atoms with E-state index < -0.39 is 29.0 Å². The molecule has 0 bridgehead atoms. The zero-order valence-electron chi connectivity index (χ0n) is 11.2. The van der Waals surface area contributed by atoms with Gasteiger partial charge in [-0.3, -0.25) is 4.79 Å². The van der Waals surface area contributed by atoms with Gasteiger partial charge in [-0.25, -0.2) is 4.39 Å². The molecule has 1 heterocycles. The van der Waals surface area contributed by atoms with Gasteiger partial charge in [-0.05, 0) is 30.9 Å². The molecule has 1 fully saturated rings. The Morgan fingerprint density at radius 2 is 2.14 bits per heavy atom. The van der Waals surface area contributed by atoms with E-state index in [1.807, 2.05) is 0 Å². The van der Waals surface area contributed by atoms with E-state index in [1.165, 1.54) is 0 Å². The second kappa shape index (κ2) is 6.43. The van der Waals surface area contributed by atoms with Gasteiger partial charge in [0.1, 0.15) is 5.82 Å². The third-order valence-corrected chi connectivity index (χ3v) is 3.35. The lowest BCUT2D eigenvalue weighted by Crippen LogP contribution is -2.33. The van der Waals surface area contributed by atoms with E-state index in [0.29, 0.717) is 19.3 Å². The third kappa shape index (κ3) is 3.93. The van der Waals surface area contributed by atoms with Crippen LogP contribution in [0.5, 0.6) is 0 Å². The summed E-state index contributed by atoms with van der Waals surface area (Å²) < 4.78 is 56.8. The number of hydrogen-bond acceptors (Lipinski definition) is 2. The van der Waals surface area contributed by atoms with Crippen molar-refractivity contribution in [2.75, 3.05) is 19.8 Å². The molecule has 116 valence electrons. The van der Waals surface area contributed by atoms with Crippen LogP contribution in [0.15, 0.2) is 18.2 Å². The standard InChI is InChI=1S/C14H15F4NO2/c15-12-10(4-1-5-11(12)14(16,17)18)13(20)19-7-9-3-2-6-21-8-9/h1,4-5,9H,2-3,6-8H2,(H,19,20). The second-order valence-corrected chi connectivity index (χ2v) is 4.96. The van der Waals surface area contributed by atoms with Crippen LogP contribution in [0.25, 0.3) is 0 Å². The van der Waals surface area contributed by atoms with Crippen molar-refractivity contribution in [1.82, 2.24) is 5.32 Å². The molecule has 0 radical (unpaired) electrons. The normalized spacial score (nSPS) is 19.3. The topological polar surface area (TPSA) is 38.3 Å². The molecule has 1 N–H and O–H groups in total. The predicted molar refractivity (Wildman–Crippen MR) is 67.3 cm³/mol. The maximum absolute atomic E-state index is 13.8. The smallest absolute Gasteiger partial charge is 0.381 e. The maximum atomic E-state index is 13.8. The Kier molecular flexibility index (Phi) is 4.82. The van der Waals surface area contributed by atoms with Crippen molar-refractivity contribution < 1.29 is 27.1 Å². The minimum absolute atomic E-state index is 0.108. The van der Waals surface area contributed by atoms with Gasteiger partial charge in [0, 0.05) is 13.2 Å². The molecule has 1 aliphatic heterocycles. The Balaban J connectivity index is 2.05. The zero-order chi connectivity index (χ0) is 15.5. The lowest BCUT2D eigenvalue weighted by atomic mass is 10.0. The number of halogens is 4. The molecule has 1 unspecified atom stereocenters. The Bertz CT molecular complexity index is 510. The summed E-state index contributed by atoms with van der Waals surface area (Å²) in [6.07, 6.45) is -3.08. The molecular weight excluding hydrogens is 290 g/mol. The molecule has 2 rings (SSSR count). The van der Waals surface area contributed by atoms with Crippen LogP contribution >= 0.6 is 0 Å². The number of ether oxygens (including phenoxy) is 1. The van der Waals surface area contributed by atoms with Gasteiger partial charge in [-0.2, -0.15) is 13.2 Å². The number of hydrogen-bond donors (Lipinski definition) is 1. The molecule has 7 heteroatoms. The summed E-state index contributed by atoms with van der Waals surface area (Å²) in [6, 6.07) is 2.67. The fraction of sp³-hybridized carbons (Fsp3) is 0.500. The summed E-state index contributed by atoms with van der Waals surface area (Å²) in [7, 11) is 0. The van der Waals surface area contributed by atoms with Crippen LogP contribution in [0.1, 0.15) is 28.8 Å². The number of nitrogens with one attached hydrogen (secondary N) is 1. The number of carbonyl (C=O) groups is 1. The zero-order valence-corrected chi connectivity index (χ0v) is 11.2. The van der Waals surface area contributed by atoms with Crippen molar-refractivity contribution in [3.05, 3.63) is 35.1 Å². The maximum Gasteiger partial charge on any atom is 0.419 e. The van der Waals surface area contributed by atoms with Crippen molar-refractivity contribution in [3.63, 3.8) is 0 Å². The Morgan fingerprint density at radius 3 is 2.76 bits per heavy atom. The number of benzene rings is 1. The lowest BCUT2D eigenvalue weighted by Gasteiger charge is -2.22. The molecule has 1 amide bonds. The van der Waals surface area contributed by atoms with Crippen LogP contribution in [0, 0.1) is 11.7 Å². The fourth-order valence-electron chi connectivity index (χ4n) is 2.23. The number of carbonyl (C=O) groups excluding carboxylic acids is 1. The minimum Gasteiger partial charge on any atom is -0.381 e. The molecule has 1 aromatic rings. The molecule has 1 atom stereocenters. The summed E-state index contributed by atoms with van der Waals surface area (Å²) in [5, 5.41) is 2.46. The molecule has 0 saturated carbocycles. The van der Waals surface area contributed by atoms with E-state index in [1.54, 1.807) is 0 Å². The van der Waals surface area contributed by atoms with Gasteiger partial charge >= 0.3 is 6.18 Å². The van der Waals surface area contributed by atoms with Gasteiger partial charge in [0.15, 0.2) is 0 Å². The van der Waals surface area contributed by atoms with Crippen LogP contribution in [-0.4, -0.2) is 25.7 Å². The summed E-state index contributed by atoms with van der Waals surface area (Å²) in [5.41, 5.74) is -2.03. The lowest BCUT2D eigenvalue weighted by molar-refractivity contribution is -0.140. The highest BCUT2D eigenvalue weighted by Gasteiger charge is 2.35. The van der Waals surface area contributed by atoms with Gasteiger partial charge in [0.05, 0.1) is 17.7 Å². The molecule has 1 saturated heterocycles. The highest BCUT2D eigenvalue weighted by atomic mass is 19.4. The van der Waals surface area contributed by atoms with Crippen molar-refractivity contribution in [2.45, 2.75) is 19.0 Å². The highest BCUT2D eigenvalue weighted by molar-refractivity contribution is 5.94. The first-order valence-electron chi connectivity index (χ1n) is 6.61. The first-order chi connectivity index (χ1) is 9.89. The average Bonchev–Trinajstić information content (AvgIpc) is 2.45. The van der Waals surface area contributed by atoms with E-state index >= 15 is 0 Å². The van der Waals surface area contributed by atoms with Crippen LogP contribution < -0.4 is 5.32 Å². The molecule has 1 aliphatic rings. The number of amides is 1. The molecular formula is C14H15F4NO2. The van der Waals surface area contributed by atoms with Crippen LogP contribution in [0.4, 0.5) is 17.6 Å². The Labute approximate surface area is 119 Å². The van der Waals surface area contributed by atoms with E-state index in [0.717, 1.165) is 25.0 Å². The van der Waals surface area contributed by atoms with E-state index in [4.69, 9.17) is 4.74 Å². The largest absolute Gasteiger partial charge is 0.419 e. The molecule has 0 aromatic heterocycles. The Morgan fingerprint density at radius 1 is 1.38 bits per heavy atom. The number of rotatable bonds is 3. The molecule has 21 heavy (non-hydrogen) atoms. The SMILES string of the molecule is O=C(NCC1CCCOC1)c1cccc(C(F)(F)F)c1F. The summed E-state index contributed by atoms with van der Waals surface area (Å²) in [5.74, 6) is -2.27. The van der Waals surface area contributed by atoms with Crippen LogP contribution in [-0.2, 0) is 10.9 Å². The summed E-state index contributed by atoms with van der Waals surface area (Å²) in [4.78, 5) is 11.8. The van der Waals surface area contributed by atoms with Crippen LogP contribution in [0.3, 0.4) is 0 Å². The Hall–Kier alpha value is -1.63. The van der Waals surface area contributed by atoms with Gasteiger partial charge in [0.25, 0.3) is 5.91 Å². The van der Waals surface area contributed by atoms with Crippen molar-refractivity contribution >= 4 is 5.91 Å². The van der Waals surface area contributed by atoms with E-state index in [-0.39, 0.29) is 12.5 Å².